The third-order valence-electron chi connectivity index (χ3n) is 4.00. The van der Waals surface area contributed by atoms with Crippen LogP contribution in [0.5, 0.6) is 0 Å². The van der Waals surface area contributed by atoms with E-state index in [1.54, 1.807) is 0 Å². The lowest BCUT2D eigenvalue weighted by Gasteiger charge is -2.27. The minimum atomic E-state index is -0.864. The van der Waals surface area contributed by atoms with Gasteiger partial charge in [0.25, 0.3) is 0 Å². The van der Waals surface area contributed by atoms with Crippen LogP contribution in [-0.2, 0) is 4.79 Å². The van der Waals surface area contributed by atoms with E-state index in [0.29, 0.717) is 17.7 Å². The number of rotatable bonds is 11. The molecule has 0 saturated carbocycles. The summed E-state index contributed by atoms with van der Waals surface area (Å²) in [4.78, 5) is 11.4. The van der Waals surface area contributed by atoms with Crippen molar-refractivity contribution < 1.29 is 9.90 Å². The molecule has 0 aliphatic heterocycles. The second-order valence-corrected chi connectivity index (χ2v) is 6.31. The molecule has 20 heavy (non-hydrogen) atoms. The number of hydrogen-bond donors (Lipinski definition) is 2. The molecule has 118 valence electrons. The van der Waals surface area contributed by atoms with Gasteiger partial charge in [-0.2, -0.15) is 0 Å². The summed E-state index contributed by atoms with van der Waals surface area (Å²) < 4.78 is 0. The second kappa shape index (κ2) is 9.84. The van der Waals surface area contributed by atoms with Gasteiger partial charge in [-0.15, -0.1) is 0 Å². The maximum atomic E-state index is 11.4. The molecule has 0 unspecified atom stereocenters. The molecule has 3 heteroatoms. The Morgan fingerprint density at radius 1 is 1.00 bits per heavy atom. The molecule has 0 saturated heterocycles. The average Bonchev–Trinajstić information content (AvgIpc) is 2.36. The average molecular weight is 283 g/mol. The minimum absolute atomic E-state index is 0.338. The number of hydrogen-bond acceptors (Lipinski definition) is 2. The lowest BCUT2D eigenvalue weighted by atomic mass is 9.78. The number of unbranched alkanes of at least 4 members (excludes halogenated alkanes) is 6. The summed E-state index contributed by atoms with van der Waals surface area (Å²) >= 11 is 0. The van der Waals surface area contributed by atoms with Gasteiger partial charge in [-0.05, 0) is 18.3 Å². The van der Waals surface area contributed by atoms with E-state index >= 15 is 0 Å². The summed E-state index contributed by atoms with van der Waals surface area (Å²) in [5, 5.41) is 9.37. The normalized spacial score (nSPS) is 13.2. The number of carbonyl (C=O) groups is 1. The summed E-state index contributed by atoms with van der Waals surface area (Å²) in [5.74, 6) is -0.864. The highest BCUT2D eigenvalue weighted by atomic mass is 16.4. The van der Waals surface area contributed by atoms with Gasteiger partial charge in [0.05, 0.1) is 5.57 Å². The van der Waals surface area contributed by atoms with Crippen molar-refractivity contribution in [3.05, 3.63) is 11.3 Å². The molecule has 0 aromatic carbocycles. The van der Waals surface area contributed by atoms with Crippen molar-refractivity contribution >= 4 is 5.97 Å². The molecule has 0 fully saturated rings. The van der Waals surface area contributed by atoms with E-state index in [1.807, 2.05) is 20.8 Å². The Hall–Kier alpha value is -0.990. The van der Waals surface area contributed by atoms with E-state index in [0.717, 1.165) is 12.8 Å². The third kappa shape index (κ3) is 6.97. The molecule has 0 rings (SSSR count). The van der Waals surface area contributed by atoms with Crippen LogP contribution in [0, 0.1) is 5.41 Å². The second-order valence-electron chi connectivity index (χ2n) is 6.31. The molecule has 0 aliphatic carbocycles. The predicted molar refractivity (Wildman–Crippen MR) is 85.5 cm³/mol. The monoisotopic (exact) mass is 283 g/mol. The van der Waals surface area contributed by atoms with Crippen molar-refractivity contribution in [2.45, 2.75) is 85.5 Å². The maximum absolute atomic E-state index is 11.4. The van der Waals surface area contributed by atoms with Crippen LogP contribution in [-0.4, -0.2) is 11.1 Å². The zero-order chi connectivity index (χ0) is 15.6. The van der Waals surface area contributed by atoms with E-state index in [-0.39, 0.29) is 5.41 Å². The van der Waals surface area contributed by atoms with Gasteiger partial charge in [0, 0.05) is 5.70 Å². The van der Waals surface area contributed by atoms with Crippen molar-refractivity contribution in [1.82, 2.24) is 0 Å². The van der Waals surface area contributed by atoms with Gasteiger partial charge in [0.1, 0.15) is 0 Å². The first-order chi connectivity index (χ1) is 9.36. The van der Waals surface area contributed by atoms with Gasteiger partial charge in [-0.1, -0.05) is 72.6 Å². The first kappa shape index (κ1) is 19.0. The molecular weight excluding hydrogens is 250 g/mol. The van der Waals surface area contributed by atoms with Crippen LogP contribution in [0.2, 0.25) is 0 Å². The van der Waals surface area contributed by atoms with Gasteiger partial charge < -0.3 is 10.8 Å². The van der Waals surface area contributed by atoms with Gasteiger partial charge in [-0.3, -0.25) is 0 Å². The Balaban J connectivity index is 4.26. The number of allylic oxidation sites excluding steroid dienone is 1. The van der Waals surface area contributed by atoms with Crippen molar-refractivity contribution in [2.24, 2.45) is 11.1 Å². The summed E-state index contributed by atoms with van der Waals surface area (Å²) in [5.41, 5.74) is 6.48. The largest absolute Gasteiger partial charge is 0.478 e. The summed E-state index contributed by atoms with van der Waals surface area (Å²) in [7, 11) is 0. The Morgan fingerprint density at radius 3 is 1.95 bits per heavy atom. The highest BCUT2D eigenvalue weighted by Crippen LogP contribution is 2.34. The minimum Gasteiger partial charge on any atom is -0.478 e. The molecule has 3 N–H and O–H groups in total. The van der Waals surface area contributed by atoms with Gasteiger partial charge in [-0.25, -0.2) is 4.79 Å². The van der Waals surface area contributed by atoms with E-state index < -0.39 is 5.97 Å². The van der Waals surface area contributed by atoms with Crippen molar-refractivity contribution in [3.63, 3.8) is 0 Å². The van der Waals surface area contributed by atoms with Gasteiger partial charge in [0.2, 0.25) is 0 Å². The van der Waals surface area contributed by atoms with Crippen LogP contribution in [0.1, 0.15) is 85.5 Å². The quantitative estimate of drug-likeness (QED) is 0.420. The Kier molecular flexibility index (Phi) is 9.35. The van der Waals surface area contributed by atoms with Crippen LogP contribution in [0.25, 0.3) is 0 Å². The highest BCUT2D eigenvalue weighted by molar-refractivity contribution is 5.88. The SMILES string of the molecule is CCCCCCCCCC(C)(C)/C(C(=O)O)=C(/N)CC. The van der Waals surface area contributed by atoms with Gasteiger partial charge >= 0.3 is 5.97 Å². The topological polar surface area (TPSA) is 63.3 Å². The smallest absolute Gasteiger partial charge is 0.333 e. The number of carboxylic acid groups (broad SMARTS) is 1. The molecule has 0 aliphatic rings. The number of nitrogens with two attached hydrogens (primary N) is 1. The Morgan fingerprint density at radius 2 is 1.50 bits per heavy atom. The standard InChI is InChI=1S/C17H33NO2/c1-5-7-8-9-10-11-12-13-17(3,4)15(16(19)20)14(18)6-2/h5-13,18H2,1-4H3,(H,19,20)/b15-14+. The van der Waals surface area contributed by atoms with E-state index in [1.165, 1.54) is 38.5 Å². The molecule has 0 atom stereocenters. The summed E-state index contributed by atoms with van der Waals surface area (Å²) in [6.45, 7) is 8.12. The fourth-order valence-electron chi connectivity index (χ4n) is 2.69. The predicted octanol–water partition coefficient (Wildman–Crippen LogP) is 4.86. The van der Waals surface area contributed by atoms with Crippen molar-refractivity contribution in [2.75, 3.05) is 0 Å². The molecule has 0 heterocycles. The Labute approximate surface area is 124 Å². The molecule has 0 radical (unpaired) electrons. The van der Waals surface area contributed by atoms with Gasteiger partial charge in [0.15, 0.2) is 0 Å². The zero-order valence-electron chi connectivity index (χ0n) is 13.8. The van der Waals surface area contributed by atoms with E-state index in [2.05, 4.69) is 6.92 Å². The molecule has 0 bridgehead atoms. The fraction of sp³-hybridized carbons (Fsp3) is 0.824. The van der Waals surface area contributed by atoms with E-state index in [9.17, 15) is 9.90 Å². The summed E-state index contributed by atoms with van der Waals surface area (Å²) in [6, 6.07) is 0. The molecule has 0 aromatic rings. The molecule has 0 spiro atoms. The molecule has 0 aromatic heterocycles. The Bertz CT molecular complexity index is 319. The van der Waals surface area contributed by atoms with Crippen LogP contribution >= 0.6 is 0 Å². The highest BCUT2D eigenvalue weighted by Gasteiger charge is 2.30. The van der Waals surface area contributed by atoms with Crippen LogP contribution in [0.3, 0.4) is 0 Å². The number of carboxylic acids is 1. The van der Waals surface area contributed by atoms with Crippen LogP contribution in [0.4, 0.5) is 0 Å². The fourth-order valence-corrected chi connectivity index (χ4v) is 2.69. The van der Waals surface area contributed by atoms with Crippen molar-refractivity contribution in [1.29, 1.82) is 0 Å². The zero-order valence-corrected chi connectivity index (χ0v) is 13.8. The molecule has 3 nitrogen and oxygen atoms in total. The van der Waals surface area contributed by atoms with Crippen molar-refractivity contribution in [3.8, 4) is 0 Å². The first-order valence-corrected chi connectivity index (χ1v) is 8.09. The molecule has 0 amide bonds. The van der Waals surface area contributed by atoms with Crippen LogP contribution < -0.4 is 5.73 Å². The lowest BCUT2D eigenvalue weighted by molar-refractivity contribution is -0.134. The summed E-state index contributed by atoms with van der Waals surface area (Å²) in [6.07, 6.45) is 10.2. The number of aliphatic carboxylic acids is 1. The maximum Gasteiger partial charge on any atom is 0.333 e. The lowest BCUT2D eigenvalue weighted by Crippen LogP contribution is -2.25. The van der Waals surface area contributed by atoms with E-state index in [4.69, 9.17) is 5.73 Å². The molecular formula is C17H33NO2. The van der Waals surface area contributed by atoms with Crippen LogP contribution in [0.15, 0.2) is 11.3 Å². The third-order valence-corrected chi connectivity index (χ3v) is 4.00. The first-order valence-electron chi connectivity index (χ1n) is 8.09.